The molecular weight excluding hydrogens is 200 g/mol. The zero-order chi connectivity index (χ0) is 11.2. The highest BCUT2D eigenvalue weighted by Crippen LogP contribution is 2.18. The second-order valence-electron chi connectivity index (χ2n) is 3.43. The molecule has 0 aliphatic carbocycles. The van der Waals surface area contributed by atoms with Crippen LogP contribution in [0.2, 0.25) is 0 Å². The number of fused-ring (bicyclic) bond motifs is 1. The van der Waals surface area contributed by atoms with Crippen molar-refractivity contribution in [3.8, 4) is 0 Å². The Hall–Kier alpha value is -2.19. The molecule has 0 aliphatic rings. The number of hydrogen-bond acceptors (Lipinski definition) is 1. The SMILES string of the molecule is [N-]=[N+]=NCCC=Cc1cccc2[nH]ccc12. The molecule has 2 rings (SSSR count). The third-order valence-corrected chi connectivity index (χ3v) is 2.39. The monoisotopic (exact) mass is 212 g/mol. The van der Waals surface area contributed by atoms with Gasteiger partial charge in [-0.3, -0.25) is 0 Å². The first-order chi connectivity index (χ1) is 7.92. The smallest absolute Gasteiger partial charge is 0.0459 e. The van der Waals surface area contributed by atoms with E-state index >= 15 is 0 Å². The van der Waals surface area contributed by atoms with Gasteiger partial charge in [-0.1, -0.05) is 29.4 Å². The summed E-state index contributed by atoms with van der Waals surface area (Å²) in [4.78, 5) is 5.88. The van der Waals surface area contributed by atoms with Crippen LogP contribution in [0.3, 0.4) is 0 Å². The fourth-order valence-corrected chi connectivity index (χ4v) is 1.64. The van der Waals surface area contributed by atoms with Crippen molar-refractivity contribution in [2.24, 2.45) is 5.11 Å². The van der Waals surface area contributed by atoms with E-state index in [0.29, 0.717) is 6.54 Å². The number of H-pyrrole nitrogens is 1. The molecule has 16 heavy (non-hydrogen) atoms. The van der Waals surface area contributed by atoms with Gasteiger partial charge >= 0.3 is 0 Å². The van der Waals surface area contributed by atoms with Crippen molar-refractivity contribution >= 4 is 17.0 Å². The van der Waals surface area contributed by atoms with Gasteiger partial charge in [-0.25, -0.2) is 0 Å². The van der Waals surface area contributed by atoms with Gasteiger partial charge in [0.1, 0.15) is 0 Å². The lowest BCUT2D eigenvalue weighted by atomic mass is 10.1. The Morgan fingerprint density at radius 1 is 1.38 bits per heavy atom. The number of hydrogen-bond donors (Lipinski definition) is 1. The van der Waals surface area contributed by atoms with Crippen molar-refractivity contribution < 1.29 is 0 Å². The van der Waals surface area contributed by atoms with Crippen LogP contribution in [0.5, 0.6) is 0 Å². The molecule has 0 amide bonds. The standard InChI is InChI=1S/C12H12N4/c13-16-15-8-2-1-4-10-5-3-6-12-11(10)7-9-14-12/h1,3-7,9,14H,2,8H2. The quantitative estimate of drug-likeness (QED) is 0.346. The summed E-state index contributed by atoms with van der Waals surface area (Å²) in [6, 6.07) is 8.20. The first-order valence-corrected chi connectivity index (χ1v) is 5.15. The van der Waals surface area contributed by atoms with Crippen LogP contribution in [-0.4, -0.2) is 11.5 Å². The first kappa shape index (κ1) is 10.3. The maximum Gasteiger partial charge on any atom is 0.0459 e. The summed E-state index contributed by atoms with van der Waals surface area (Å²) in [5.41, 5.74) is 10.4. The number of nitrogens with zero attached hydrogens (tertiary/aromatic N) is 3. The van der Waals surface area contributed by atoms with Crippen molar-refractivity contribution in [2.75, 3.05) is 6.54 Å². The molecular formula is C12H12N4. The molecule has 1 aromatic carbocycles. The minimum absolute atomic E-state index is 0.510. The molecule has 1 aromatic heterocycles. The van der Waals surface area contributed by atoms with Gasteiger partial charge < -0.3 is 4.98 Å². The van der Waals surface area contributed by atoms with Crippen molar-refractivity contribution in [1.29, 1.82) is 0 Å². The average molecular weight is 212 g/mol. The van der Waals surface area contributed by atoms with E-state index in [0.717, 1.165) is 11.9 Å². The van der Waals surface area contributed by atoms with E-state index in [1.165, 1.54) is 10.9 Å². The Morgan fingerprint density at radius 3 is 3.19 bits per heavy atom. The molecule has 0 atom stereocenters. The van der Waals surface area contributed by atoms with Crippen molar-refractivity contribution in [1.82, 2.24) is 4.98 Å². The molecule has 80 valence electrons. The minimum Gasteiger partial charge on any atom is -0.361 e. The van der Waals surface area contributed by atoms with E-state index in [-0.39, 0.29) is 0 Å². The molecule has 2 aromatic rings. The summed E-state index contributed by atoms with van der Waals surface area (Å²) in [6.07, 6.45) is 6.78. The van der Waals surface area contributed by atoms with Gasteiger partial charge in [-0.2, -0.15) is 0 Å². The van der Waals surface area contributed by atoms with Gasteiger partial charge in [0.2, 0.25) is 0 Å². The summed E-state index contributed by atoms with van der Waals surface area (Å²) in [5, 5.41) is 4.69. The van der Waals surface area contributed by atoms with E-state index in [9.17, 15) is 0 Å². The van der Waals surface area contributed by atoms with Crippen LogP contribution in [-0.2, 0) is 0 Å². The predicted octanol–water partition coefficient (Wildman–Crippen LogP) is 3.88. The minimum atomic E-state index is 0.510. The Bertz CT molecular complexity index is 547. The van der Waals surface area contributed by atoms with Crippen LogP contribution in [0.15, 0.2) is 41.7 Å². The second kappa shape index (κ2) is 5.05. The lowest BCUT2D eigenvalue weighted by Gasteiger charge is -1.95. The lowest BCUT2D eigenvalue weighted by Crippen LogP contribution is -1.76. The van der Waals surface area contributed by atoms with Crippen molar-refractivity contribution in [3.05, 3.63) is 52.5 Å². The molecule has 4 heteroatoms. The van der Waals surface area contributed by atoms with Crippen LogP contribution in [0.1, 0.15) is 12.0 Å². The number of aromatic nitrogens is 1. The van der Waals surface area contributed by atoms with Gasteiger partial charge in [0, 0.05) is 28.6 Å². The molecule has 1 N–H and O–H groups in total. The molecule has 0 aliphatic heterocycles. The zero-order valence-corrected chi connectivity index (χ0v) is 8.80. The van der Waals surface area contributed by atoms with Crippen LogP contribution in [0.4, 0.5) is 0 Å². The molecule has 0 radical (unpaired) electrons. The largest absolute Gasteiger partial charge is 0.361 e. The normalized spacial score (nSPS) is 10.8. The third kappa shape index (κ3) is 2.24. The molecule has 0 spiro atoms. The van der Waals surface area contributed by atoms with Crippen LogP contribution >= 0.6 is 0 Å². The number of benzene rings is 1. The average Bonchev–Trinajstić information content (AvgIpc) is 2.77. The van der Waals surface area contributed by atoms with Gasteiger partial charge in [0.15, 0.2) is 0 Å². The van der Waals surface area contributed by atoms with Gasteiger partial charge in [-0.15, -0.1) is 0 Å². The van der Waals surface area contributed by atoms with Crippen molar-refractivity contribution in [3.63, 3.8) is 0 Å². The fraction of sp³-hybridized carbons (Fsp3) is 0.167. The Kier molecular flexibility index (Phi) is 3.26. The zero-order valence-electron chi connectivity index (χ0n) is 8.80. The van der Waals surface area contributed by atoms with Crippen LogP contribution < -0.4 is 0 Å². The molecule has 0 bridgehead atoms. The van der Waals surface area contributed by atoms with Crippen molar-refractivity contribution in [2.45, 2.75) is 6.42 Å². The summed E-state index contributed by atoms with van der Waals surface area (Å²) in [7, 11) is 0. The van der Waals surface area contributed by atoms with Crippen LogP contribution in [0, 0.1) is 0 Å². The third-order valence-electron chi connectivity index (χ3n) is 2.39. The molecule has 0 fully saturated rings. The molecule has 0 saturated carbocycles. The summed E-state index contributed by atoms with van der Waals surface area (Å²) >= 11 is 0. The van der Waals surface area contributed by atoms with E-state index in [1.54, 1.807) is 0 Å². The number of nitrogens with one attached hydrogen (secondary N) is 1. The second-order valence-corrected chi connectivity index (χ2v) is 3.43. The summed E-state index contributed by atoms with van der Waals surface area (Å²) < 4.78 is 0. The van der Waals surface area contributed by atoms with Gasteiger partial charge in [0.05, 0.1) is 0 Å². The molecule has 0 saturated heterocycles. The summed E-state index contributed by atoms with van der Waals surface area (Å²) in [6.45, 7) is 0.510. The van der Waals surface area contributed by atoms with E-state index < -0.39 is 0 Å². The fourth-order valence-electron chi connectivity index (χ4n) is 1.64. The topological polar surface area (TPSA) is 64.6 Å². The molecule has 4 nitrogen and oxygen atoms in total. The highest BCUT2D eigenvalue weighted by molar-refractivity contribution is 5.88. The maximum atomic E-state index is 8.13. The number of aromatic amines is 1. The predicted molar refractivity (Wildman–Crippen MR) is 66.0 cm³/mol. The van der Waals surface area contributed by atoms with E-state index in [1.807, 2.05) is 24.4 Å². The van der Waals surface area contributed by atoms with E-state index in [4.69, 9.17) is 5.53 Å². The maximum absolute atomic E-state index is 8.13. The lowest BCUT2D eigenvalue weighted by molar-refractivity contribution is 0.996. The highest BCUT2D eigenvalue weighted by atomic mass is 15.1. The molecule has 0 unspecified atom stereocenters. The van der Waals surface area contributed by atoms with Gasteiger partial charge in [0.25, 0.3) is 0 Å². The Morgan fingerprint density at radius 2 is 2.31 bits per heavy atom. The van der Waals surface area contributed by atoms with E-state index in [2.05, 4.69) is 33.2 Å². The number of azide groups is 1. The summed E-state index contributed by atoms with van der Waals surface area (Å²) in [5.74, 6) is 0. The molecule has 1 heterocycles. The van der Waals surface area contributed by atoms with Gasteiger partial charge in [-0.05, 0) is 29.6 Å². The highest BCUT2D eigenvalue weighted by Gasteiger charge is 1.96. The Balaban J connectivity index is 2.14. The Labute approximate surface area is 93.2 Å². The number of rotatable bonds is 4. The van der Waals surface area contributed by atoms with Crippen LogP contribution in [0.25, 0.3) is 27.4 Å². The first-order valence-electron chi connectivity index (χ1n) is 5.15.